The molecule has 2 aromatic heterocycles. The first-order valence-electron chi connectivity index (χ1n) is 5.52. The van der Waals surface area contributed by atoms with Crippen molar-refractivity contribution in [3.63, 3.8) is 0 Å². The summed E-state index contributed by atoms with van der Waals surface area (Å²) >= 11 is 19.7. The van der Waals surface area contributed by atoms with Crippen molar-refractivity contribution < 1.29 is 0 Å². The molecule has 0 aliphatic rings. The van der Waals surface area contributed by atoms with Gasteiger partial charge in [0, 0.05) is 18.2 Å². The SMILES string of the molecule is Cc1nn(C)c(Cl)c1CC(NN)c1cc(Cl)sc1Cl. The number of hydrazine groups is 1. The van der Waals surface area contributed by atoms with Gasteiger partial charge in [0.1, 0.15) is 5.15 Å². The Kier molecular flexibility index (Phi) is 4.76. The summed E-state index contributed by atoms with van der Waals surface area (Å²) in [5, 5.41) is 4.89. The Balaban J connectivity index is 2.31. The van der Waals surface area contributed by atoms with Crippen molar-refractivity contribution >= 4 is 46.1 Å². The highest BCUT2D eigenvalue weighted by molar-refractivity contribution is 7.20. The molecule has 8 heteroatoms. The topological polar surface area (TPSA) is 55.9 Å². The van der Waals surface area contributed by atoms with Crippen LogP contribution in [0, 0.1) is 6.92 Å². The van der Waals surface area contributed by atoms with Crippen LogP contribution in [0.1, 0.15) is 22.9 Å². The number of nitrogens with two attached hydrogens (primary N) is 1. The molecule has 4 nitrogen and oxygen atoms in total. The molecule has 1 unspecified atom stereocenters. The van der Waals surface area contributed by atoms with E-state index in [9.17, 15) is 0 Å². The maximum absolute atomic E-state index is 6.22. The largest absolute Gasteiger partial charge is 0.271 e. The third kappa shape index (κ3) is 3.07. The molecule has 0 fully saturated rings. The van der Waals surface area contributed by atoms with Crippen LogP contribution in [0.25, 0.3) is 0 Å². The van der Waals surface area contributed by atoms with Gasteiger partial charge < -0.3 is 0 Å². The zero-order valence-corrected chi connectivity index (χ0v) is 13.5. The van der Waals surface area contributed by atoms with E-state index in [1.807, 2.05) is 13.0 Å². The van der Waals surface area contributed by atoms with Crippen LogP contribution in [0.15, 0.2) is 6.07 Å². The Bertz CT molecular complexity index is 593. The summed E-state index contributed by atoms with van der Waals surface area (Å²) in [6.07, 6.45) is 0.599. The minimum atomic E-state index is -0.156. The predicted octanol–water partition coefficient (Wildman–Crippen LogP) is 3.50. The molecule has 2 aromatic rings. The van der Waals surface area contributed by atoms with E-state index in [1.165, 1.54) is 11.3 Å². The quantitative estimate of drug-likeness (QED) is 0.662. The van der Waals surface area contributed by atoms with Crippen LogP contribution in [-0.4, -0.2) is 9.78 Å². The molecule has 0 aromatic carbocycles. The van der Waals surface area contributed by atoms with Crippen LogP contribution in [0.2, 0.25) is 13.8 Å². The number of nitrogens with zero attached hydrogens (tertiary/aromatic N) is 2. The summed E-state index contributed by atoms with van der Waals surface area (Å²) in [6, 6.07) is 1.66. The van der Waals surface area contributed by atoms with Crippen molar-refractivity contribution in [3.8, 4) is 0 Å². The molecule has 104 valence electrons. The number of hydrogen-bond donors (Lipinski definition) is 2. The fourth-order valence-electron chi connectivity index (χ4n) is 1.96. The number of hydrogen-bond acceptors (Lipinski definition) is 4. The lowest BCUT2D eigenvalue weighted by Crippen LogP contribution is -2.29. The summed E-state index contributed by atoms with van der Waals surface area (Å²) in [4.78, 5) is 0. The highest BCUT2D eigenvalue weighted by Crippen LogP contribution is 2.36. The van der Waals surface area contributed by atoms with E-state index >= 15 is 0 Å². The number of nitrogens with one attached hydrogen (secondary N) is 1. The average molecular weight is 340 g/mol. The van der Waals surface area contributed by atoms with Gasteiger partial charge in [0.05, 0.1) is 20.4 Å². The van der Waals surface area contributed by atoms with Crippen LogP contribution in [0.5, 0.6) is 0 Å². The van der Waals surface area contributed by atoms with Gasteiger partial charge in [-0.2, -0.15) is 5.10 Å². The molecule has 0 saturated carbocycles. The molecular weight excluding hydrogens is 327 g/mol. The first kappa shape index (κ1) is 15.1. The van der Waals surface area contributed by atoms with E-state index in [0.29, 0.717) is 20.2 Å². The highest BCUT2D eigenvalue weighted by atomic mass is 35.5. The molecule has 0 radical (unpaired) electrons. The van der Waals surface area contributed by atoms with E-state index in [0.717, 1.165) is 16.8 Å². The molecule has 0 spiro atoms. The van der Waals surface area contributed by atoms with Crippen molar-refractivity contribution in [1.29, 1.82) is 0 Å². The van der Waals surface area contributed by atoms with E-state index < -0.39 is 0 Å². The zero-order chi connectivity index (χ0) is 14.2. The Morgan fingerprint density at radius 3 is 2.58 bits per heavy atom. The number of aromatic nitrogens is 2. The summed E-state index contributed by atoms with van der Waals surface area (Å²) < 4.78 is 2.90. The molecule has 3 N–H and O–H groups in total. The molecule has 0 amide bonds. The molecular formula is C11H13Cl3N4S. The second-order valence-corrected chi connectivity index (χ2v) is 6.82. The molecule has 0 aliphatic carbocycles. The van der Waals surface area contributed by atoms with Gasteiger partial charge >= 0.3 is 0 Å². The standard InChI is InChI=1S/C11H13Cl3N4S/c1-5-6(10(13)18(2)17-5)3-8(16-15)7-4-9(12)19-11(7)14/h4,8,16H,3,15H2,1-2H3. The summed E-state index contributed by atoms with van der Waals surface area (Å²) in [5.41, 5.74) is 5.46. The smallest absolute Gasteiger partial charge is 0.130 e. The lowest BCUT2D eigenvalue weighted by molar-refractivity contribution is 0.552. The van der Waals surface area contributed by atoms with Crippen molar-refractivity contribution in [3.05, 3.63) is 36.7 Å². The van der Waals surface area contributed by atoms with Crippen LogP contribution in [0.3, 0.4) is 0 Å². The minimum absolute atomic E-state index is 0.156. The summed E-state index contributed by atoms with van der Waals surface area (Å²) in [5.74, 6) is 5.62. The Labute approximate surface area is 130 Å². The highest BCUT2D eigenvalue weighted by Gasteiger charge is 2.21. The van der Waals surface area contributed by atoms with E-state index in [1.54, 1.807) is 11.7 Å². The number of aryl methyl sites for hydroxylation is 2. The minimum Gasteiger partial charge on any atom is -0.271 e. The third-order valence-corrected chi connectivity index (χ3v) is 4.93. The predicted molar refractivity (Wildman–Crippen MR) is 81.1 cm³/mol. The molecule has 19 heavy (non-hydrogen) atoms. The van der Waals surface area contributed by atoms with Gasteiger partial charge in [-0.15, -0.1) is 11.3 Å². The molecule has 2 rings (SSSR count). The lowest BCUT2D eigenvalue weighted by Gasteiger charge is -2.15. The molecule has 0 bridgehead atoms. The Morgan fingerprint density at radius 2 is 2.16 bits per heavy atom. The molecule has 1 atom stereocenters. The monoisotopic (exact) mass is 338 g/mol. The number of rotatable bonds is 4. The average Bonchev–Trinajstić information content (AvgIpc) is 2.79. The first-order valence-corrected chi connectivity index (χ1v) is 7.48. The Hall–Kier alpha value is -0.300. The maximum Gasteiger partial charge on any atom is 0.130 e. The third-order valence-electron chi connectivity index (χ3n) is 2.94. The number of halogens is 3. The van der Waals surface area contributed by atoms with Gasteiger partial charge in [0.25, 0.3) is 0 Å². The zero-order valence-electron chi connectivity index (χ0n) is 10.4. The van der Waals surface area contributed by atoms with E-state index in [2.05, 4.69) is 10.5 Å². The van der Waals surface area contributed by atoms with Crippen molar-refractivity contribution in [2.24, 2.45) is 12.9 Å². The van der Waals surface area contributed by atoms with Crippen LogP contribution in [0.4, 0.5) is 0 Å². The van der Waals surface area contributed by atoms with Gasteiger partial charge in [-0.05, 0) is 19.4 Å². The molecule has 2 heterocycles. The summed E-state index contributed by atoms with van der Waals surface area (Å²) in [6.45, 7) is 1.91. The first-order chi connectivity index (χ1) is 8.93. The van der Waals surface area contributed by atoms with E-state index in [4.69, 9.17) is 40.6 Å². The Morgan fingerprint density at radius 1 is 1.47 bits per heavy atom. The molecule has 0 saturated heterocycles. The van der Waals surface area contributed by atoms with Gasteiger partial charge in [0.2, 0.25) is 0 Å². The maximum atomic E-state index is 6.22. The lowest BCUT2D eigenvalue weighted by atomic mass is 10.0. The normalized spacial score (nSPS) is 12.9. The second-order valence-electron chi connectivity index (χ2n) is 4.18. The van der Waals surface area contributed by atoms with E-state index in [-0.39, 0.29) is 6.04 Å². The van der Waals surface area contributed by atoms with Crippen molar-refractivity contribution in [2.75, 3.05) is 0 Å². The fraction of sp³-hybridized carbons (Fsp3) is 0.364. The van der Waals surface area contributed by atoms with Crippen molar-refractivity contribution in [2.45, 2.75) is 19.4 Å². The molecule has 0 aliphatic heterocycles. The van der Waals surface area contributed by atoms with Gasteiger partial charge in [-0.3, -0.25) is 16.0 Å². The van der Waals surface area contributed by atoms with Crippen molar-refractivity contribution in [1.82, 2.24) is 15.2 Å². The summed E-state index contributed by atoms with van der Waals surface area (Å²) in [7, 11) is 1.80. The van der Waals surface area contributed by atoms with Crippen LogP contribution < -0.4 is 11.3 Å². The van der Waals surface area contributed by atoms with Gasteiger partial charge in [-0.1, -0.05) is 34.8 Å². The fourth-order valence-corrected chi connectivity index (χ4v) is 3.79. The van der Waals surface area contributed by atoms with Gasteiger partial charge in [0.15, 0.2) is 0 Å². The van der Waals surface area contributed by atoms with Crippen LogP contribution in [-0.2, 0) is 13.5 Å². The second kappa shape index (κ2) is 5.99. The number of thiophene rings is 1. The van der Waals surface area contributed by atoms with Gasteiger partial charge in [-0.25, -0.2) is 0 Å². The van der Waals surface area contributed by atoms with Crippen LogP contribution >= 0.6 is 46.1 Å².